The lowest BCUT2D eigenvalue weighted by atomic mass is 9.75. The Labute approximate surface area is 338 Å². The van der Waals surface area contributed by atoms with Crippen LogP contribution >= 0.6 is 0 Å². The fraction of sp³-hybridized carbons (Fsp3) is 0.553. The Bertz CT molecular complexity index is 1770. The summed E-state index contributed by atoms with van der Waals surface area (Å²) in [7, 11) is 0. The van der Waals surface area contributed by atoms with E-state index in [1.165, 1.54) is 19.3 Å². The number of aliphatic hydroxyl groups is 1. The zero-order valence-electron chi connectivity index (χ0n) is 34.1. The van der Waals surface area contributed by atoms with Gasteiger partial charge in [0.05, 0.1) is 24.9 Å². The standard InChI is InChI=1S/C47H63N3O7/c1-47(2,3)49-45(55)41-27-26-34-12-9-11-15-40(34)50(41)30-38-28-42(35-20-18-32(31-51)19-21-35)57-46(56-38)36-24-22-33(23-25-36)39-14-10-8-13-37(39)29-48-43(52)16-6-4-5-7-17-44(53)54/h8,10,13-14,18-25,34,38,40-42,46,51H,4-7,9,11-12,15-17,26-31H2,1-3H3,(H,48,52)(H,49,55)(H,53,54)/t34-,38+,40-,41-,42-,46-/m1/s1. The second-order valence-electron chi connectivity index (χ2n) is 17.4. The maximum absolute atomic E-state index is 13.8. The van der Waals surface area contributed by atoms with Crippen molar-refractivity contribution in [1.29, 1.82) is 0 Å². The maximum atomic E-state index is 13.8. The number of aliphatic hydroxyl groups excluding tert-OH is 1. The lowest BCUT2D eigenvalue weighted by Crippen LogP contribution is -2.61. The van der Waals surface area contributed by atoms with Gasteiger partial charge in [0.2, 0.25) is 11.8 Å². The molecule has 3 aliphatic rings. The van der Waals surface area contributed by atoms with E-state index in [1.807, 2.05) is 63.2 Å². The molecule has 2 heterocycles. The zero-order valence-corrected chi connectivity index (χ0v) is 34.1. The van der Waals surface area contributed by atoms with Crippen LogP contribution in [-0.2, 0) is 37.0 Å². The number of carbonyl (C=O) groups excluding carboxylic acids is 2. The highest BCUT2D eigenvalue weighted by Gasteiger charge is 2.44. The number of nitrogens with one attached hydrogen (secondary N) is 2. The number of fused-ring (bicyclic) bond motifs is 1. The topological polar surface area (TPSA) is 137 Å². The number of carboxylic acid groups (broad SMARTS) is 1. The molecule has 2 aliphatic heterocycles. The molecule has 0 radical (unpaired) electrons. The lowest BCUT2D eigenvalue weighted by Gasteiger charge is -2.50. The normalized spacial score (nSPS) is 24.0. The molecule has 10 nitrogen and oxygen atoms in total. The summed E-state index contributed by atoms with van der Waals surface area (Å²) in [6.07, 6.45) is 9.93. The highest BCUT2D eigenvalue weighted by atomic mass is 16.7. The molecule has 0 spiro atoms. The highest BCUT2D eigenvalue weighted by molar-refractivity contribution is 5.82. The van der Waals surface area contributed by atoms with Crippen LogP contribution in [0.25, 0.3) is 11.1 Å². The van der Waals surface area contributed by atoms with Crippen LogP contribution in [0.5, 0.6) is 0 Å². The van der Waals surface area contributed by atoms with Crippen molar-refractivity contribution in [3.63, 3.8) is 0 Å². The van der Waals surface area contributed by atoms with Crippen molar-refractivity contribution < 1.29 is 34.1 Å². The van der Waals surface area contributed by atoms with E-state index in [2.05, 4.69) is 45.9 Å². The number of hydrogen-bond acceptors (Lipinski definition) is 7. The molecular formula is C47H63N3O7. The molecule has 308 valence electrons. The third-order valence-corrected chi connectivity index (χ3v) is 11.9. The molecule has 0 unspecified atom stereocenters. The number of likely N-dealkylation sites (tertiary alicyclic amines) is 1. The van der Waals surface area contributed by atoms with Crippen LogP contribution in [-0.4, -0.2) is 63.2 Å². The summed E-state index contributed by atoms with van der Waals surface area (Å²) in [5, 5.41) is 24.9. The third-order valence-electron chi connectivity index (χ3n) is 11.9. The second kappa shape index (κ2) is 20.1. The van der Waals surface area contributed by atoms with Crippen LogP contribution < -0.4 is 10.6 Å². The Balaban J connectivity index is 1.17. The molecule has 2 amide bonds. The first kappa shape index (κ1) is 42.5. The summed E-state index contributed by atoms with van der Waals surface area (Å²) in [4.78, 5) is 39.7. The Morgan fingerprint density at radius 3 is 2.23 bits per heavy atom. The fourth-order valence-corrected chi connectivity index (χ4v) is 8.97. The van der Waals surface area contributed by atoms with Crippen molar-refractivity contribution in [2.45, 2.75) is 154 Å². The number of hydrogen-bond donors (Lipinski definition) is 4. The summed E-state index contributed by atoms with van der Waals surface area (Å²) in [5.74, 6) is -0.0874. The number of piperidine rings is 1. The Kier molecular flexibility index (Phi) is 15.0. The van der Waals surface area contributed by atoms with Gasteiger partial charge in [-0.15, -0.1) is 0 Å². The van der Waals surface area contributed by atoms with Crippen LogP contribution in [0.2, 0.25) is 0 Å². The van der Waals surface area contributed by atoms with Gasteiger partial charge in [-0.2, -0.15) is 0 Å². The van der Waals surface area contributed by atoms with Gasteiger partial charge >= 0.3 is 5.97 Å². The van der Waals surface area contributed by atoms with Crippen LogP contribution in [0.15, 0.2) is 72.8 Å². The van der Waals surface area contributed by atoms with Gasteiger partial charge in [-0.1, -0.05) is 98.5 Å². The number of nitrogens with zero attached hydrogens (tertiary/aromatic N) is 1. The van der Waals surface area contributed by atoms with E-state index < -0.39 is 12.3 Å². The first-order valence-electron chi connectivity index (χ1n) is 21.2. The minimum absolute atomic E-state index is 0.00944. The average Bonchev–Trinajstić information content (AvgIpc) is 3.20. The van der Waals surface area contributed by atoms with Gasteiger partial charge in [0.1, 0.15) is 0 Å². The predicted octanol–water partition coefficient (Wildman–Crippen LogP) is 8.37. The maximum Gasteiger partial charge on any atom is 0.303 e. The molecule has 1 aliphatic carbocycles. The number of rotatable bonds is 16. The van der Waals surface area contributed by atoms with Gasteiger partial charge < -0.3 is 30.3 Å². The molecule has 6 rings (SSSR count). The van der Waals surface area contributed by atoms with Gasteiger partial charge in [-0.3, -0.25) is 19.3 Å². The molecule has 10 heteroatoms. The molecule has 6 atom stereocenters. The molecular weight excluding hydrogens is 719 g/mol. The van der Waals surface area contributed by atoms with Gasteiger partial charge in [0.15, 0.2) is 6.29 Å². The number of amides is 2. The molecule has 2 saturated heterocycles. The Morgan fingerprint density at radius 1 is 0.807 bits per heavy atom. The first-order chi connectivity index (χ1) is 27.5. The van der Waals surface area contributed by atoms with E-state index in [1.54, 1.807) is 0 Å². The van der Waals surface area contributed by atoms with Crippen LogP contribution in [0.3, 0.4) is 0 Å². The van der Waals surface area contributed by atoms with E-state index in [0.29, 0.717) is 44.3 Å². The first-order valence-corrected chi connectivity index (χ1v) is 21.2. The summed E-state index contributed by atoms with van der Waals surface area (Å²) in [5.41, 5.74) is 5.56. The molecule has 3 fully saturated rings. The Hall–Kier alpha value is -4.09. The fourth-order valence-electron chi connectivity index (χ4n) is 8.97. The Morgan fingerprint density at radius 2 is 1.51 bits per heavy atom. The monoisotopic (exact) mass is 781 g/mol. The van der Waals surface area contributed by atoms with E-state index in [4.69, 9.17) is 14.6 Å². The number of carboxylic acids is 1. The summed E-state index contributed by atoms with van der Waals surface area (Å²) < 4.78 is 13.6. The van der Waals surface area contributed by atoms with Crippen molar-refractivity contribution >= 4 is 17.8 Å². The van der Waals surface area contributed by atoms with Gasteiger partial charge in [-0.25, -0.2) is 0 Å². The molecule has 3 aromatic rings. The molecule has 4 N–H and O–H groups in total. The van der Waals surface area contributed by atoms with Crippen LogP contribution in [0.4, 0.5) is 0 Å². The molecule has 0 bridgehead atoms. The van der Waals surface area contributed by atoms with Gasteiger partial charge in [-0.05, 0) is 93.0 Å². The lowest BCUT2D eigenvalue weighted by molar-refractivity contribution is -0.255. The summed E-state index contributed by atoms with van der Waals surface area (Å²) in [6, 6.07) is 24.5. The van der Waals surface area contributed by atoms with Crippen molar-refractivity contribution in [2.24, 2.45) is 5.92 Å². The van der Waals surface area contributed by atoms with E-state index in [0.717, 1.165) is 71.9 Å². The van der Waals surface area contributed by atoms with Crippen molar-refractivity contribution in [2.75, 3.05) is 6.54 Å². The van der Waals surface area contributed by atoms with E-state index >= 15 is 0 Å². The zero-order chi connectivity index (χ0) is 40.4. The summed E-state index contributed by atoms with van der Waals surface area (Å²) >= 11 is 0. The molecule has 57 heavy (non-hydrogen) atoms. The third kappa shape index (κ3) is 12.0. The quantitative estimate of drug-likeness (QED) is 0.107. The van der Waals surface area contributed by atoms with Crippen LogP contribution in [0.1, 0.15) is 139 Å². The molecule has 0 aromatic heterocycles. The number of aliphatic carboxylic acids is 1. The average molecular weight is 782 g/mol. The van der Waals surface area contributed by atoms with E-state index in [9.17, 15) is 19.5 Å². The van der Waals surface area contributed by atoms with Crippen LogP contribution in [0, 0.1) is 5.92 Å². The molecule has 1 saturated carbocycles. The van der Waals surface area contributed by atoms with Crippen molar-refractivity contribution in [3.8, 4) is 11.1 Å². The van der Waals surface area contributed by atoms with Gasteiger partial charge in [0, 0.05) is 49.5 Å². The summed E-state index contributed by atoms with van der Waals surface area (Å²) in [6.45, 7) is 7.17. The van der Waals surface area contributed by atoms with Gasteiger partial charge in [0.25, 0.3) is 0 Å². The second-order valence-corrected chi connectivity index (χ2v) is 17.4. The largest absolute Gasteiger partial charge is 0.481 e. The number of carbonyl (C=O) groups is 3. The highest BCUT2D eigenvalue weighted by Crippen LogP contribution is 2.42. The number of unbranched alkanes of at least 4 members (excludes halogenated alkanes) is 3. The van der Waals surface area contributed by atoms with Crippen molar-refractivity contribution in [3.05, 3.63) is 95.1 Å². The smallest absolute Gasteiger partial charge is 0.303 e. The number of benzene rings is 3. The van der Waals surface area contributed by atoms with E-state index in [-0.39, 0.29) is 48.6 Å². The molecule has 3 aromatic carbocycles. The minimum Gasteiger partial charge on any atom is -0.481 e. The number of ether oxygens (including phenoxy) is 2. The minimum atomic E-state index is -0.779. The SMILES string of the molecule is CC(C)(C)NC(=O)[C@H]1CC[C@H]2CCCC[C@H]2N1C[C@@H]1C[C@H](c2ccc(CO)cc2)O[C@H](c2ccc(-c3ccccc3CNC(=O)CCCCCCC(=O)O)cc2)O1. The predicted molar refractivity (Wildman–Crippen MR) is 221 cm³/mol. The van der Waals surface area contributed by atoms with Crippen molar-refractivity contribution in [1.82, 2.24) is 15.5 Å².